The minimum Gasteiger partial charge on any atom is -0.481 e. The molecular weight excluding hydrogens is 1200 g/mol. The van der Waals surface area contributed by atoms with Crippen LogP contribution in [0.15, 0.2) is 172 Å². The van der Waals surface area contributed by atoms with Crippen LogP contribution in [0.4, 0.5) is 0 Å². The van der Waals surface area contributed by atoms with Crippen molar-refractivity contribution in [3.05, 3.63) is 192 Å². The second-order valence-electron chi connectivity index (χ2n) is 20.9. The van der Waals surface area contributed by atoms with Crippen molar-refractivity contribution < 1.29 is 45.1 Å². The van der Waals surface area contributed by atoms with Crippen molar-refractivity contribution in [1.82, 2.24) is 29.2 Å². The van der Waals surface area contributed by atoms with E-state index in [4.69, 9.17) is 51.5 Å². The van der Waals surface area contributed by atoms with Gasteiger partial charge in [-0.05, 0) is 167 Å². The second kappa shape index (κ2) is 25.6. The van der Waals surface area contributed by atoms with E-state index in [-0.39, 0.29) is 50.7 Å². The summed E-state index contributed by atoms with van der Waals surface area (Å²) in [6.07, 6.45) is 8.96. The Hall–Kier alpha value is -6.47. The first-order chi connectivity index (χ1) is 38.7. The van der Waals surface area contributed by atoms with Crippen LogP contribution in [0.25, 0.3) is 38.8 Å². The van der Waals surface area contributed by atoms with Crippen molar-refractivity contribution in [1.29, 1.82) is 0 Å². The molecule has 0 amide bonds. The number of pyridine rings is 2. The number of aliphatic carboxylic acids is 1. The van der Waals surface area contributed by atoms with Gasteiger partial charge in [0.2, 0.25) is 0 Å². The van der Waals surface area contributed by atoms with Gasteiger partial charge in [-0.25, -0.2) is 16.8 Å². The summed E-state index contributed by atoms with van der Waals surface area (Å²) < 4.78 is 76.5. The number of nitrogens with zero attached hydrogens (tertiary/aromatic N) is 6. The van der Waals surface area contributed by atoms with Crippen LogP contribution in [0.2, 0.25) is 10.0 Å². The second-order valence-corrected chi connectivity index (χ2v) is 26.6. The van der Waals surface area contributed by atoms with Crippen molar-refractivity contribution in [2.24, 2.45) is 0 Å². The van der Waals surface area contributed by atoms with Gasteiger partial charge in [0.15, 0.2) is 19.7 Å². The highest BCUT2D eigenvalue weighted by molar-refractivity contribution is 9.10. The van der Waals surface area contributed by atoms with E-state index in [0.717, 1.165) is 57.1 Å². The molecule has 430 valence electrons. The standard InChI is InChI=1S/C25H22ClN3O4S.C19H12BrClN2O4S.C12H22BNO2.C2H4O2/c1-28-11-8-17(9-12-28)22-15-19(26)3-5-24(22)29-23-6-4-21(14-18(23)2-7-25(29)30)34(31,32)16-20-10-13-33-27-20;20-16-10-13(21)2-4-18(16)23-17-5-3-15(9-12(17)1-6-19(23)24)28(25,26)11-14-7-8-27-22-14;1-11(2)12(3,4)16-13(15-11)10-6-8-14(5)9-7-10;1-2(3)4/h2-8,10,13-15H,9,11-12,16H2,1H3;1-10H,11H2;6H,7-9H2,1-5H3;1H3,(H,3,4). The number of carboxylic acids is 1. The summed E-state index contributed by atoms with van der Waals surface area (Å²) in [6, 6.07) is 29.2. The molecule has 24 heteroatoms. The fourth-order valence-corrected chi connectivity index (χ4v) is 12.8. The molecule has 0 unspecified atom stereocenters. The average molecular weight is 1260 g/mol. The van der Waals surface area contributed by atoms with Gasteiger partial charge in [0, 0.05) is 88.2 Å². The number of hydrogen-bond acceptors (Lipinski definition) is 15. The number of benzene rings is 4. The number of fused-ring (bicyclic) bond motifs is 2. The summed E-state index contributed by atoms with van der Waals surface area (Å²) in [5.41, 5.74) is 5.63. The van der Waals surface area contributed by atoms with Gasteiger partial charge in [-0.3, -0.25) is 23.5 Å². The Balaban J connectivity index is 0.000000164. The quantitative estimate of drug-likeness (QED) is 0.126. The number of hydrogen-bond donors (Lipinski definition) is 1. The van der Waals surface area contributed by atoms with E-state index in [1.807, 2.05) is 12.1 Å². The fourth-order valence-electron chi connectivity index (χ4n) is 9.15. The van der Waals surface area contributed by atoms with Gasteiger partial charge in [0.25, 0.3) is 17.1 Å². The smallest absolute Gasteiger partial charge is 0.481 e. The molecule has 82 heavy (non-hydrogen) atoms. The number of aromatic nitrogens is 4. The van der Waals surface area contributed by atoms with E-state index < -0.39 is 25.6 Å². The van der Waals surface area contributed by atoms with E-state index >= 15 is 0 Å². The molecular formula is C58H60BBrCl2N6O12S2. The third-order valence-electron chi connectivity index (χ3n) is 14.2. The van der Waals surface area contributed by atoms with Gasteiger partial charge in [-0.2, -0.15) is 0 Å². The summed E-state index contributed by atoms with van der Waals surface area (Å²) in [5.74, 6) is -1.37. The lowest BCUT2D eigenvalue weighted by molar-refractivity contribution is -0.134. The zero-order valence-corrected chi connectivity index (χ0v) is 50.7. The lowest BCUT2D eigenvalue weighted by atomic mass is 9.75. The molecule has 1 N–H and O–H groups in total. The molecule has 0 bridgehead atoms. The first kappa shape index (κ1) is 61.6. The molecule has 4 aromatic carbocycles. The predicted molar refractivity (Wildman–Crippen MR) is 321 cm³/mol. The van der Waals surface area contributed by atoms with Crippen LogP contribution < -0.4 is 11.1 Å². The number of likely N-dealkylation sites (N-methyl/N-ethyl adjacent to an activating group) is 2. The molecule has 11 rings (SSSR count). The fraction of sp³-hybridized carbons (Fsp3) is 0.293. The molecule has 0 radical (unpaired) electrons. The Morgan fingerprint density at radius 1 is 0.646 bits per heavy atom. The third kappa shape index (κ3) is 14.6. The normalized spacial score (nSPS) is 16.2. The van der Waals surface area contributed by atoms with Crippen molar-refractivity contribution >= 4 is 99.3 Å². The Labute approximate surface area is 493 Å². The van der Waals surface area contributed by atoms with Gasteiger partial charge < -0.3 is 33.3 Å². The largest absolute Gasteiger partial charge is 0.490 e. The zero-order valence-electron chi connectivity index (χ0n) is 46.0. The average Bonchev–Trinajstić information content (AvgIpc) is 4.35. The predicted octanol–water partition coefficient (Wildman–Crippen LogP) is 10.7. The highest BCUT2D eigenvalue weighted by Gasteiger charge is 2.52. The number of sulfone groups is 2. The molecule has 1 saturated heterocycles. The van der Waals surface area contributed by atoms with Gasteiger partial charge in [-0.1, -0.05) is 45.7 Å². The highest BCUT2D eigenvalue weighted by atomic mass is 79.9. The molecule has 0 saturated carbocycles. The molecule has 0 aliphatic carbocycles. The summed E-state index contributed by atoms with van der Waals surface area (Å²) in [6.45, 7) is 13.3. The van der Waals surface area contributed by atoms with Gasteiger partial charge in [0.05, 0.1) is 54.8 Å². The zero-order chi connectivity index (χ0) is 59.3. The molecule has 0 spiro atoms. The van der Waals surface area contributed by atoms with Crippen LogP contribution in [0.1, 0.15) is 64.4 Å². The van der Waals surface area contributed by atoms with E-state index in [0.29, 0.717) is 59.1 Å². The lowest BCUT2D eigenvalue weighted by Crippen LogP contribution is -2.41. The summed E-state index contributed by atoms with van der Waals surface area (Å²) in [5, 5.41) is 17.1. The van der Waals surface area contributed by atoms with Gasteiger partial charge in [-0.15, -0.1) is 0 Å². The van der Waals surface area contributed by atoms with E-state index in [2.05, 4.69) is 90.0 Å². The van der Waals surface area contributed by atoms with Crippen LogP contribution in [0, 0.1) is 0 Å². The first-order valence-electron chi connectivity index (χ1n) is 25.8. The third-order valence-corrected chi connectivity index (χ3v) is 18.6. The molecule has 18 nitrogen and oxygen atoms in total. The Morgan fingerprint density at radius 2 is 1.11 bits per heavy atom. The minimum atomic E-state index is -3.64. The van der Waals surface area contributed by atoms with E-state index in [9.17, 15) is 26.4 Å². The Morgan fingerprint density at radius 3 is 1.55 bits per heavy atom. The van der Waals surface area contributed by atoms with Gasteiger partial charge >= 0.3 is 7.12 Å². The topological polar surface area (TPSA) is 227 Å². The van der Waals surface area contributed by atoms with Crippen molar-refractivity contribution in [3.8, 4) is 11.4 Å². The lowest BCUT2D eigenvalue weighted by Gasteiger charge is -2.32. The number of carbonyl (C=O) groups is 1. The first-order valence-corrected chi connectivity index (χ1v) is 30.7. The van der Waals surface area contributed by atoms with Gasteiger partial charge in [0.1, 0.15) is 24.0 Å². The summed E-state index contributed by atoms with van der Waals surface area (Å²) >= 11 is 15.8. The van der Waals surface area contributed by atoms with E-state index in [1.54, 1.807) is 65.2 Å². The van der Waals surface area contributed by atoms with Crippen LogP contribution >= 0.6 is 39.1 Å². The van der Waals surface area contributed by atoms with Crippen LogP contribution in [0.3, 0.4) is 0 Å². The Kier molecular flexibility index (Phi) is 19.2. The van der Waals surface area contributed by atoms with Crippen LogP contribution in [-0.4, -0.2) is 116 Å². The van der Waals surface area contributed by atoms with Crippen LogP contribution in [0.5, 0.6) is 0 Å². The van der Waals surface area contributed by atoms with Crippen molar-refractivity contribution in [3.63, 3.8) is 0 Å². The molecule has 8 aromatic rings. The minimum absolute atomic E-state index is 0.140. The van der Waals surface area contributed by atoms with E-state index in [1.165, 1.54) is 59.0 Å². The highest BCUT2D eigenvalue weighted by Crippen LogP contribution is 2.40. The van der Waals surface area contributed by atoms with Crippen molar-refractivity contribution in [2.75, 3.05) is 40.3 Å². The maximum absolute atomic E-state index is 13.1. The molecule has 1 fully saturated rings. The Bertz CT molecular complexity index is 4060. The monoisotopic (exact) mass is 1260 g/mol. The van der Waals surface area contributed by atoms with Crippen LogP contribution in [-0.2, 0) is 45.3 Å². The van der Waals surface area contributed by atoms with Crippen molar-refractivity contribution in [2.45, 2.75) is 80.0 Å². The summed E-state index contributed by atoms with van der Waals surface area (Å²) in [7, 11) is -3.19. The molecule has 3 aliphatic heterocycles. The molecule has 3 aliphatic rings. The maximum atomic E-state index is 13.1. The number of rotatable bonds is 10. The number of halogens is 3. The summed E-state index contributed by atoms with van der Waals surface area (Å²) in [4.78, 5) is 39.4. The number of carboxylic acid groups (broad SMARTS) is 1. The SMILES string of the molecule is CC(=O)O.CN1CC=C(B2OC(C)(C)C(C)(C)O2)CC1.CN1CC=C(c2cc(Cl)ccc2-n2c(=O)ccc3cc(S(=O)(=O)Cc4ccon4)ccc32)CC1.O=c1ccc2cc(S(=O)(=O)Cc3ccon3)ccc2n1-c1ccc(Cl)cc1Br. The maximum Gasteiger partial charge on any atom is 0.490 e. The molecule has 0 atom stereocenters. The molecule has 7 heterocycles. The molecule has 4 aromatic heterocycles.